The van der Waals surface area contributed by atoms with Crippen molar-refractivity contribution in [3.8, 4) is 0 Å². The lowest BCUT2D eigenvalue weighted by molar-refractivity contribution is -0.123. The Morgan fingerprint density at radius 2 is 1.38 bits per heavy atom. The number of ketones is 1. The van der Waals surface area contributed by atoms with E-state index in [1.54, 1.807) is 0 Å². The zero-order valence-corrected chi connectivity index (χ0v) is 14.6. The fraction of sp³-hybridized carbons (Fsp3) is 0.409. The van der Waals surface area contributed by atoms with Gasteiger partial charge >= 0.3 is 0 Å². The van der Waals surface area contributed by atoms with Gasteiger partial charge in [0, 0.05) is 13.0 Å². The van der Waals surface area contributed by atoms with Crippen molar-refractivity contribution in [3.05, 3.63) is 71.8 Å². The fourth-order valence-corrected chi connectivity index (χ4v) is 3.72. The summed E-state index contributed by atoms with van der Waals surface area (Å²) in [4.78, 5) is 15.7. The molecule has 0 N–H and O–H groups in total. The predicted octanol–water partition coefficient (Wildman–Crippen LogP) is 4.44. The maximum Gasteiger partial charge on any atom is 0.148 e. The van der Waals surface area contributed by atoms with Crippen LogP contribution in [-0.4, -0.2) is 30.3 Å². The van der Waals surface area contributed by atoms with E-state index in [2.05, 4.69) is 36.1 Å². The molecule has 0 spiro atoms. The second-order valence-electron chi connectivity index (χ2n) is 6.93. The molecule has 2 aromatic rings. The molecule has 0 atom stereocenters. The Hall–Kier alpha value is -1.93. The van der Waals surface area contributed by atoms with Crippen molar-refractivity contribution in [2.45, 2.75) is 38.0 Å². The summed E-state index contributed by atoms with van der Waals surface area (Å²) in [6, 6.07) is 20.4. The Labute approximate surface area is 145 Å². The van der Waals surface area contributed by atoms with Crippen LogP contribution in [0.5, 0.6) is 0 Å². The van der Waals surface area contributed by atoms with Gasteiger partial charge in [0.15, 0.2) is 0 Å². The third-order valence-electron chi connectivity index (χ3n) is 5.36. The summed E-state index contributed by atoms with van der Waals surface area (Å²) >= 11 is 0. The summed E-state index contributed by atoms with van der Waals surface area (Å²) in [5, 5.41) is 0. The molecular formula is C22H27NO. The van der Waals surface area contributed by atoms with Crippen molar-refractivity contribution in [1.82, 2.24) is 4.90 Å². The number of carbonyl (C=O) groups is 1. The molecular weight excluding hydrogens is 294 g/mol. The van der Waals surface area contributed by atoms with Crippen LogP contribution in [0, 0.1) is 0 Å². The highest BCUT2D eigenvalue weighted by Gasteiger charge is 2.36. The topological polar surface area (TPSA) is 20.3 Å². The van der Waals surface area contributed by atoms with Crippen LogP contribution in [0.15, 0.2) is 60.7 Å². The molecule has 0 amide bonds. The highest BCUT2D eigenvalue weighted by molar-refractivity contribution is 5.93. The van der Waals surface area contributed by atoms with Gasteiger partial charge in [0.05, 0.1) is 5.41 Å². The molecule has 2 nitrogen and oxygen atoms in total. The minimum Gasteiger partial charge on any atom is -0.303 e. The molecule has 2 heteroatoms. The summed E-state index contributed by atoms with van der Waals surface area (Å²) < 4.78 is 0. The molecule has 0 radical (unpaired) electrons. The van der Waals surface area contributed by atoms with Crippen molar-refractivity contribution < 1.29 is 4.79 Å². The van der Waals surface area contributed by atoms with Crippen LogP contribution in [0.3, 0.4) is 0 Å². The quantitative estimate of drug-likeness (QED) is 0.784. The number of benzene rings is 2. The Morgan fingerprint density at radius 1 is 0.875 bits per heavy atom. The SMILES string of the molecule is CC(C(=O)CCN1CCCCC1)(c1ccccc1)c1ccccc1. The molecule has 1 saturated heterocycles. The van der Waals surface area contributed by atoms with E-state index in [4.69, 9.17) is 0 Å². The summed E-state index contributed by atoms with van der Waals surface area (Å²) in [5.74, 6) is 0.311. The van der Waals surface area contributed by atoms with E-state index in [1.165, 1.54) is 19.3 Å². The van der Waals surface area contributed by atoms with Gasteiger partial charge in [0.2, 0.25) is 0 Å². The monoisotopic (exact) mass is 321 g/mol. The maximum atomic E-state index is 13.3. The van der Waals surface area contributed by atoms with E-state index in [-0.39, 0.29) is 0 Å². The number of carbonyl (C=O) groups excluding carboxylic acids is 1. The van der Waals surface area contributed by atoms with Crippen LogP contribution in [0.1, 0.15) is 43.7 Å². The van der Waals surface area contributed by atoms with Crippen molar-refractivity contribution in [2.24, 2.45) is 0 Å². The van der Waals surface area contributed by atoms with Gasteiger partial charge in [-0.25, -0.2) is 0 Å². The van der Waals surface area contributed by atoms with E-state index in [0.717, 1.165) is 30.8 Å². The smallest absolute Gasteiger partial charge is 0.148 e. The average molecular weight is 321 g/mol. The Morgan fingerprint density at radius 3 is 1.88 bits per heavy atom. The lowest BCUT2D eigenvalue weighted by Gasteiger charge is -2.32. The molecule has 0 unspecified atom stereocenters. The first-order chi connectivity index (χ1) is 11.7. The van der Waals surface area contributed by atoms with Gasteiger partial charge in [-0.3, -0.25) is 4.79 Å². The van der Waals surface area contributed by atoms with Crippen LogP contribution in [0.25, 0.3) is 0 Å². The second-order valence-corrected chi connectivity index (χ2v) is 6.93. The molecule has 0 saturated carbocycles. The van der Waals surface area contributed by atoms with Crippen LogP contribution < -0.4 is 0 Å². The minimum absolute atomic E-state index is 0.311. The number of hydrogen-bond acceptors (Lipinski definition) is 2. The molecule has 0 aliphatic carbocycles. The second kappa shape index (κ2) is 7.76. The van der Waals surface area contributed by atoms with E-state index in [1.807, 2.05) is 36.4 Å². The molecule has 126 valence electrons. The maximum absolute atomic E-state index is 13.3. The van der Waals surface area contributed by atoms with Crippen molar-refractivity contribution in [2.75, 3.05) is 19.6 Å². The average Bonchev–Trinajstić information content (AvgIpc) is 2.67. The van der Waals surface area contributed by atoms with E-state index < -0.39 is 5.41 Å². The van der Waals surface area contributed by atoms with Gasteiger partial charge in [-0.1, -0.05) is 67.1 Å². The molecule has 3 rings (SSSR count). The first-order valence-corrected chi connectivity index (χ1v) is 9.08. The normalized spacial score (nSPS) is 16.0. The first-order valence-electron chi connectivity index (χ1n) is 9.08. The largest absolute Gasteiger partial charge is 0.303 e. The number of rotatable bonds is 6. The number of likely N-dealkylation sites (tertiary alicyclic amines) is 1. The van der Waals surface area contributed by atoms with Crippen LogP contribution in [-0.2, 0) is 10.2 Å². The minimum atomic E-state index is -0.571. The van der Waals surface area contributed by atoms with Gasteiger partial charge in [0.25, 0.3) is 0 Å². The molecule has 1 fully saturated rings. The number of hydrogen-bond donors (Lipinski definition) is 0. The van der Waals surface area contributed by atoms with Gasteiger partial charge in [0.1, 0.15) is 5.78 Å². The van der Waals surface area contributed by atoms with Crippen LogP contribution >= 0.6 is 0 Å². The van der Waals surface area contributed by atoms with E-state index in [9.17, 15) is 4.79 Å². The Bertz CT molecular complexity index is 605. The molecule has 24 heavy (non-hydrogen) atoms. The van der Waals surface area contributed by atoms with E-state index in [0.29, 0.717) is 12.2 Å². The van der Waals surface area contributed by atoms with Crippen molar-refractivity contribution in [3.63, 3.8) is 0 Å². The highest BCUT2D eigenvalue weighted by atomic mass is 16.1. The van der Waals surface area contributed by atoms with Crippen LogP contribution in [0.4, 0.5) is 0 Å². The Balaban J connectivity index is 1.83. The van der Waals surface area contributed by atoms with Crippen molar-refractivity contribution >= 4 is 5.78 Å². The standard InChI is InChI=1S/C22H27NO/c1-22(19-11-5-2-6-12-19,20-13-7-3-8-14-20)21(24)15-18-23-16-9-4-10-17-23/h2-3,5-8,11-14H,4,9-10,15-18H2,1H3. The summed E-state index contributed by atoms with van der Waals surface area (Å²) in [7, 11) is 0. The molecule has 1 heterocycles. The van der Waals surface area contributed by atoms with Gasteiger partial charge < -0.3 is 4.90 Å². The highest BCUT2D eigenvalue weighted by Crippen LogP contribution is 2.34. The zero-order valence-electron chi connectivity index (χ0n) is 14.6. The fourth-order valence-electron chi connectivity index (χ4n) is 3.72. The summed E-state index contributed by atoms with van der Waals surface area (Å²) in [6.07, 6.45) is 4.47. The first kappa shape index (κ1) is 16.9. The number of piperidine rings is 1. The lowest BCUT2D eigenvalue weighted by atomic mass is 9.72. The van der Waals surface area contributed by atoms with Gasteiger partial charge in [-0.15, -0.1) is 0 Å². The molecule has 2 aromatic carbocycles. The molecule has 0 aromatic heterocycles. The van der Waals surface area contributed by atoms with Crippen molar-refractivity contribution in [1.29, 1.82) is 0 Å². The number of nitrogens with zero attached hydrogens (tertiary/aromatic N) is 1. The van der Waals surface area contributed by atoms with Gasteiger partial charge in [-0.05, 0) is 44.0 Å². The number of Topliss-reactive ketones (excluding diaryl/α,β-unsaturated/α-hetero) is 1. The molecule has 0 bridgehead atoms. The summed E-state index contributed by atoms with van der Waals surface area (Å²) in [5.41, 5.74) is 1.60. The third-order valence-corrected chi connectivity index (χ3v) is 5.36. The van der Waals surface area contributed by atoms with E-state index >= 15 is 0 Å². The Kier molecular flexibility index (Phi) is 5.47. The molecule has 1 aliphatic heterocycles. The zero-order chi connectivity index (χ0) is 16.8. The molecule has 1 aliphatic rings. The van der Waals surface area contributed by atoms with Gasteiger partial charge in [-0.2, -0.15) is 0 Å². The summed E-state index contributed by atoms with van der Waals surface area (Å²) in [6.45, 7) is 5.24. The predicted molar refractivity (Wildman–Crippen MR) is 99.3 cm³/mol. The lowest BCUT2D eigenvalue weighted by Crippen LogP contribution is -2.38. The van der Waals surface area contributed by atoms with Crippen LogP contribution in [0.2, 0.25) is 0 Å². The third kappa shape index (κ3) is 3.59.